The molecule has 3 aliphatic rings. The summed E-state index contributed by atoms with van der Waals surface area (Å²) in [6.45, 7) is 2.17. The first-order valence-corrected chi connectivity index (χ1v) is 8.65. The Balaban J connectivity index is 1.26. The zero-order chi connectivity index (χ0) is 13.4. The number of rotatable bonds is 7. The maximum Gasteiger partial charge on any atom is 0.0762 e. The first-order chi connectivity index (χ1) is 9.90. The van der Waals surface area contributed by atoms with E-state index in [1.165, 1.54) is 63.6 Å². The molecule has 0 bridgehead atoms. The van der Waals surface area contributed by atoms with Crippen molar-refractivity contribution < 1.29 is 0 Å². The summed E-state index contributed by atoms with van der Waals surface area (Å²) in [6.07, 6.45) is 13.5. The van der Waals surface area contributed by atoms with Crippen LogP contribution in [0.3, 0.4) is 0 Å². The van der Waals surface area contributed by atoms with Gasteiger partial charge in [0.05, 0.1) is 11.7 Å². The molecule has 110 valence electrons. The molecular weight excluding hydrogens is 246 g/mol. The molecule has 0 atom stereocenters. The largest absolute Gasteiger partial charge is 0.311 e. The van der Waals surface area contributed by atoms with Crippen LogP contribution in [0.4, 0.5) is 0 Å². The van der Waals surface area contributed by atoms with Crippen LogP contribution in [0.5, 0.6) is 0 Å². The van der Waals surface area contributed by atoms with Crippen LogP contribution in [0.15, 0.2) is 12.3 Å². The summed E-state index contributed by atoms with van der Waals surface area (Å²) in [5, 5.41) is 8.44. The van der Waals surface area contributed by atoms with Gasteiger partial charge >= 0.3 is 0 Å². The van der Waals surface area contributed by atoms with Crippen LogP contribution < -0.4 is 5.32 Å². The van der Waals surface area contributed by atoms with E-state index in [-0.39, 0.29) is 0 Å². The molecule has 4 rings (SSSR count). The Bertz CT molecular complexity index is 427. The molecular formula is C17H27N3. The van der Waals surface area contributed by atoms with Crippen LogP contribution in [0.1, 0.15) is 63.1 Å². The molecule has 20 heavy (non-hydrogen) atoms. The van der Waals surface area contributed by atoms with Crippen LogP contribution in [0.25, 0.3) is 0 Å². The highest BCUT2D eigenvalue weighted by Gasteiger charge is 2.40. The molecule has 0 spiro atoms. The van der Waals surface area contributed by atoms with Gasteiger partial charge in [-0.05, 0) is 68.9 Å². The molecule has 1 N–H and O–H groups in total. The Morgan fingerprint density at radius 1 is 1.10 bits per heavy atom. The topological polar surface area (TPSA) is 29.9 Å². The van der Waals surface area contributed by atoms with Gasteiger partial charge in [-0.1, -0.05) is 12.8 Å². The predicted octanol–water partition coefficient (Wildman–Crippen LogP) is 3.52. The van der Waals surface area contributed by atoms with E-state index in [2.05, 4.69) is 22.3 Å². The van der Waals surface area contributed by atoms with E-state index in [4.69, 9.17) is 5.10 Å². The third-order valence-electron chi connectivity index (χ3n) is 5.50. The molecule has 1 aromatic heterocycles. The average molecular weight is 273 g/mol. The number of aromatic nitrogens is 2. The molecule has 0 amide bonds. The third-order valence-corrected chi connectivity index (χ3v) is 5.50. The molecule has 3 heteroatoms. The van der Waals surface area contributed by atoms with Gasteiger partial charge in [0.2, 0.25) is 0 Å². The molecule has 3 aliphatic carbocycles. The van der Waals surface area contributed by atoms with Crippen LogP contribution in [-0.2, 0) is 6.54 Å². The average Bonchev–Trinajstić information content (AvgIpc) is 3.37. The Morgan fingerprint density at radius 2 is 1.80 bits per heavy atom. The smallest absolute Gasteiger partial charge is 0.0762 e. The molecule has 0 radical (unpaired) electrons. The fourth-order valence-electron chi connectivity index (χ4n) is 3.98. The zero-order valence-electron chi connectivity index (χ0n) is 12.4. The van der Waals surface area contributed by atoms with E-state index < -0.39 is 0 Å². The summed E-state index contributed by atoms with van der Waals surface area (Å²) in [4.78, 5) is 0. The first kappa shape index (κ1) is 12.9. The van der Waals surface area contributed by atoms with Crippen molar-refractivity contribution in [2.45, 2.75) is 64.0 Å². The van der Waals surface area contributed by atoms with Crippen LogP contribution in [0, 0.1) is 17.8 Å². The fourth-order valence-corrected chi connectivity index (χ4v) is 3.98. The highest BCUT2D eigenvalue weighted by atomic mass is 15.3. The summed E-state index contributed by atoms with van der Waals surface area (Å²) in [5.74, 6) is 3.06. The van der Waals surface area contributed by atoms with E-state index in [9.17, 15) is 0 Å². The molecule has 0 unspecified atom stereocenters. The number of hydrogen-bond acceptors (Lipinski definition) is 2. The summed E-state index contributed by atoms with van der Waals surface area (Å²) in [6, 6.07) is 2.88. The first-order valence-electron chi connectivity index (χ1n) is 8.65. The molecule has 1 aromatic rings. The van der Waals surface area contributed by atoms with Gasteiger partial charge < -0.3 is 5.32 Å². The highest BCUT2D eigenvalue weighted by Crippen LogP contribution is 2.48. The minimum Gasteiger partial charge on any atom is -0.311 e. The molecule has 3 fully saturated rings. The van der Waals surface area contributed by atoms with E-state index >= 15 is 0 Å². The van der Waals surface area contributed by atoms with Gasteiger partial charge in [0, 0.05) is 12.7 Å². The second kappa shape index (κ2) is 5.51. The quantitative estimate of drug-likeness (QED) is 0.823. The van der Waals surface area contributed by atoms with Crippen LogP contribution in [-0.4, -0.2) is 16.3 Å². The van der Waals surface area contributed by atoms with Crippen molar-refractivity contribution in [1.29, 1.82) is 0 Å². The van der Waals surface area contributed by atoms with Crippen molar-refractivity contribution in [2.24, 2.45) is 17.8 Å². The maximum atomic E-state index is 4.76. The van der Waals surface area contributed by atoms with Crippen molar-refractivity contribution in [1.82, 2.24) is 15.1 Å². The third kappa shape index (κ3) is 2.93. The van der Waals surface area contributed by atoms with Gasteiger partial charge in [-0.25, -0.2) is 0 Å². The van der Waals surface area contributed by atoms with Gasteiger partial charge in [0.1, 0.15) is 0 Å². The zero-order valence-corrected chi connectivity index (χ0v) is 12.4. The minimum absolute atomic E-state index is 0.675. The summed E-state index contributed by atoms with van der Waals surface area (Å²) in [5.41, 5.74) is 1.22. The minimum atomic E-state index is 0.675. The number of hydrogen-bond donors (Lipinski definition) is 1. The number of nitrogens with one attached hydrogen (secondary N) is 1. The van der Waals surface area contributed by atoms with E-state index in [0.29, 0.717) is 6.04 Å². The van der Waals surface area contributed by atoms with E-state index in [1.54, 1.807) is 0 Å². The van der Waals surface area contributed by atoms with Gasteiger partial charge in [0.25, 0.3) is 0 Å². The summed E-state index contributed by atoms with van der Waals surface area (Å²) in [7, 11) is 0. The second-order valence-corrected chi connectivity index (χ2v) is 7.19. The lowest BCUT2D eigenvalue weighted by molar-refractivity contribution is 0.376. The normalized spacial score (nSPS) is 23.9. The van der Waals surface area contributed by atoms with E-state index in [0.717, 1.165) is 24.3 Å². The Morgan fingerprint density at radius 3 is 2.45 bits per heavy atom. The standard InChI is InChI=1S/C17H27N3/c1-2-4-16(3-1)20-10-9-15(19-20)11-18-12-17(13-5-6-13)14-7-8-14/h9-10,13-14,16-18H,1-8,11-12H2. The van der Waals surface area contributed by atoms with Crippen molar-refractivity contribution in [2.75, 3.05) is 6.54 Å². The van der Waals surface area contributed by atoms with Gasteiger partial charge in [-0.15, -0.1) is 0 Å². The highest BCUT2D eigenvalue weighted by molar-refractivity contribution is 5.00. The van der Waals surface area contributed by atoms with Gasteiger partial charge in [0.15, 0.2) is 0 Å². The molecule has 1 heterocycles. The molecule has 3 nitrogen and oxygen atoms in total. The van der Waals surface area contributed by atoms with Crippen molar-refractivity contribution in [3.8, 4) is 0 Å². The Hall–Kier alpha value is -0.830. The SMILES string of the molecule is c1cn(C2CCCC2)nc1CNCC(C1CC1)C1CC1. The lowest BCUT2D eigenvalue weighted by Crippen LogP contribution is -2.25. The number of nitrogens with zero attached hydrogens (tertiary/aromatic N) is 2. The monoisotopic (exact) mass is 273 g/mol. The fraction of sp³-hybridized carbons (Fsp3) is 0.824. The lowest BCUT2D eigenvalue weighted by atomic mass is 9.98. The molecule has 0 aliphatic heterocycles. The predicted molar refractivity (Wildman–Crippen MR) is 80.4 cm³/mol. The molecule has 0 aromatic carbocycles. The van der Waals surface area contributed by atoms with Crippen molar-refractivity contribution in [3.05, 3.63) is 18.0 Å². The summed E-state index contributed by atoms with van der Waals surface area (Å²) >= 11 is 0. The van der Waals surface area contributed by atoms with Gasteiger partial charge in [-0.3, -0.25) is 4.68 Å². The Labute approximate surface area is 122 Å². The molecule has 0 saturated heterocycles. The molecule has 3 saturated carbocycles. The van der Waals surface area contributed by atoms with Crippen molar-refractivity contribution >= 4 is 0 Å². The van der Waals surface area contributed by atoms with Crippen LogP contribution in [0.2, 0.25) is 0 Å². The maximum absolute atomic E-state index is 4.76. The van der Waals surface area contributed by atoms with Gasteiger partial charge in [-0.2, -0.15) is 5.10 Å². The lowest BCUT2D eigenvalue weighted by Gasteiger charge is -2.15. The van der Waals surface area contributed by atoms with Crippen LogP contribution >= 0.6 is 0 Å². The summed E-state index contributed by atoms with van der Waals surface area (Å²) < 4.78 is 2.21. The van der Waals surface area contributed by atoms with Crippen molar-refractivity contribution in [3.63, 3.8) is 0 Å². The van der Waals surface area contributed by atoms with E-state index in [1.807, 2.05) is 0 Å². The second-order valence-electron chi connectivity index (χ2n) is 7.19. The Kier molecular flexibility index (Phi) is 3.55.